The van der Waals surface area contributed by atoms with Crippen LogP contribution in [0.15, 0.2) is 12.1 Å². The number of hydrogen-bond acceptors (Lipinski definition) is 5. The van der Waals surface area contributed by atoms with Gasteiger partial charge in [0.1, 0.15) is 0 Å². The molecule has 6 heteroatoms. The van der Waals surface area contributed by atoms with E-state index in [1.807, 2.05) is 0 Å². The van der Waals surface area contributed by atoms with E-state index in [-0.39, 0.29) is 17.5 Å². The summed E-state index contributed by atoms with van der Waals surface area (Å²) in [5.41, 5.74) is 0.122. The minimum atomic E-state index is -0.545. The number of carbonyl (C=O) groups is 2. The Morgan fingerprint density at radius 2 is 2.00 bits per heavy atom. The van der Waals surface area contributed by atoms with Crippen LogP contribution in [-0.4, -0.2) is 29.2 Å². The van der Waals surface area contributed by atoms with Gasteiger partial charge in [0, 0.05) is 5.92 Å². The molecule has 1 aliphatic carbocycles. The number of carbonyl (C=O) groups excluding carboxylic acids is 2. The summed E-state index contributed by atoms with van der Waals surface area (Å²) in [6.45, 7) is 0. The zero-order valence-electron chi connectivity index (χ0n) is 10.2. The molecule has 0 aromatic carbocycles. The van der Waals surface area contributed by atoms with Crippen molar-refractivity contribution >= 4 is 17.7 Å². The van der Waals surface area contributed by atoms with Gasteiger partial charge in [-0.3, -0.25) is 4.79 Å². The van der Waals surface area contributed by atoms with Gasteiger partial charge in [0.05, 0.1) is 7.11 Å². The Hall–Kier alpha value is -1.98. The fourth-order valence-corrected chi connectivity index (χ4v) is 2.03. The third-order valence-corrected chi connectivity index (χ3v) is 3.04. The number of nitrogens with zero attached hydrogens (tertiary/aromatic N) is 2. The van der Waals surface area contributed by atoms with Crippen LogP contribution >= 0.6 is 0 Å². The van der Waals surface area contributed by atoms with Crippen molar-refractivity contribution in [3.05, 3.63) is 17.8 Å². The Kier molecular flexibility index (Phi) is 3.86. The number of methoxy groups -OCH3 is 1. The van der Waals surface area contributed by atoms with E-state index in [1.165, 1.54) is 13.2 Å². The van der Waals surface area contributed by atoms with Crippen molar-refractivity contribution in [1.82, 2.24) is 10.2 Å². The van der Waals surface area contributed by atoms with Gasteiger partial charge in [0.2, 0.25) is 5.91 Å². The Labute approximate surface area is 105 Å². The molecule has 1 saturated carbocycles. The van der Waals surface area contributed by atoms with Crippen molar-refractivity contribution < 1.29 is 14.3 Å². The molecule has 0 spiro atoms. The molecule has 18 heavy (non-hydrogen) atoms. The molecule has 0 saturated heterocycles. The summed E-state index contributed by atoms with van der Waals surface area (Å²) in [6.07, 6.45) is 4.06. The maximum atomic E-state index is 11.8. The minimum Gasteiger partial charge on any atom is -0.464 e. The van der Waals surface area contributed by atoms with E-state index in [2.05, 4.69) is 20.3 Å². The molecule has 1 aromatic rings. The Bertz CT molecular complexity index is 438. The first-order chi connectivity index (χ1) is 8.70. The monoisotopic (exact) mass is 249 g/mol. The lowest BCUT2D eigenvalue weighted by Crippen LogP contribution is -2.21. The Balaban J connectivity index is 1.97. The highest BCUT2D eigenvalue weighted by Crippen LogP contribution is 2.25. The second-order valence-corrected chi connectivity index (χ2v) is 4.27. The van der Waals surface area contributed by atoms with Crippen molar-refractivity contribution in [2.45, 2.75) is 25.7 Å². The predicted molar refractivity (Wildman–Crippen MR) is 64.0 cm³/mol. The molecule has 0 atom stereocenters. The standard InChI is InChI=1S/C12H15N3O3/c1-18-12(17)9-6-7-10(15-14-9)13-11(16)8-4-2-3-5-8/h6-8H,2-5H2,1H3,(H,13,15,16). The molecule has 1 fully saturated rings. The highest BCUT2D eigenvalue weighted by Gasteiger charge is 2.23. The fourth-order valence-electron chi connectivity index (χ4n) is 2.03. The molecule has 0 radical (unpaired) electrons. The number of esters is 1. The Morgan fingerprint density at radius 3 is 2.56 bits per heavy atom. The molecule has 0 bridgehead atoms. The van der Waals surface area contributed by atoms with E-state index in [9.17, 15) is 9.59 Å². The van der Waals surface area contributed by atoms with Gasteiger partial charge >= 0.3 is 5.97 Å². The number of hydrogen-bond donors (Lipinski definition) is 1. The largest absolute Gasteiger partial charge is 0.464 e. The topological polar surface area (TPSA) is 81.2 Å². The third-order valence-electron chi connectivity index (χ3n) is 3.04. The maximum Gasteiger partial charge on any atom is 0.358 e. The van der Waals surface area contributed by atoms with E-state index >= 15 is 0 Å². The zero-order chi connectivity index (χ0) is 13.0. The van der Waals surface area contributed by atoms with Gasteiger partial charge in [-0.25, -0.2) is 4.79 Å². The number of nitrogens with one attached hydrogen (secondary N) is 1. The normalized spacial score (nSPS) is 15.4. The third kappa shape index (κ3) is 2.82. The molecule has 1 aromatic heterocycles. The molecule has 0 aliphatic heterocycles. The van der Waals surface area contributed by atoms with Gasteiger partial charge < -0.3 is 10.1 Å². The quantitative estimate of drug-likeness (QED) is 0.819. The van der Waals surface area contributed by atoms with Crippen LogP contribution in [0.5, 0.6) is 0 Å². The summed E-state index contributed by atoms with van der Waals surface area (Å²) in [7, 11) is 1.28. The van der Waals surface area contributed by atoms with Crippen LogP contribution in [0.25, 0.3) is 0 Å². The number of anilines is 1. The zero-order valence-corrected chi connectivity index (χ0v) is 10.2. The van der Waals surface area contributed by atoms with Gasteiger partial charge in [-0.1, -0.05) is 12.8 Å². The number of amides is 1. The summed E-state index contributed by atoms with van der Waals surface area (Å²) in [6, 6.07) is 3.02. The molecular formula is C12H15N3O3. The van der Waals surface area contributed by atoms with Gasteiger partial charge in [0.25, 0.3) is 0 Å². The van der Waals surface area contributed by atoms with Gasteiger partial charge in [-0.15, -0.1) is 10.2 Å². The number of aromatic nitrogens is 2. The summed E-state index contributed by atoms with van der Waals surface area (Å²) in [5, 5.41) is 10.2. The lowest BCUT2D eigenvalue weighted by Gasteiger charge is -2.09. The minimum absolute atomic E-state index is 0.0207. The first kappa shape index (κ1) is 12.5. The average molecular weight is 249 g/mol. The predicted octanol–water partition coefficient (Wildman–Crippen LogP) is 1.39. The Morgan fingerprint density at radius 1 is 1.28 bits per heavy atom. The van der Waals surface area contributed by atoms with Gasteiger partial charge in [-0.05, 0) is 25.0 Å². The van der Waals surface area contributed by atoms with Crippen LogP contribution in [0.2, 0.25) is 0 Å². The molecule has 0 unspecified atom stereocenters. The second kappa shape index (κ2) is 5.57. The van der Waals surface area contributed by atoms with E-state index in [0.717, 1.165) is 25.7 Å². The van der Waals surface area contributed by atoms with Crippen LogP contribution in [-0.2, 0) is 9.53 Å². The summed E-state index contributed by atoms with van der Waals surface area (Å²) in [5.74, 6) is -0.129. The van der Waals surface area contributed by atoms with Crippen molar-refractivity contribution in [3.63, 3.8) is 0 Å². The molecule has 1 amide bonds. The van der Waals surface area contributed by atoms with E-state index in [0.29, 0.717) is 5.82 Å². The highest BCUT2D eigenvalue weighted by atomic mass is 16.5. The van der Waals surface area contributed by atoms with Crippen LogP contribution < -0.4 is 5.32 Å². The van der Waals surface area contributed by atoms with Crippen molar-refractivity contribution in [2.75, 3.05) is 12.4 Å². The fraction of sp³-hybridized carbons (Fsp3) is 0.500. The van der Waals surface area contributed by atoms with E-state index in [1.54, 1.807) is 6.07 Å². The molecule has 1 aliphatic rings. The maximum absolute atomic E-state index is 11.8. The van der Waals surface area contributed by atoms with Crippen molar-refractivity contribution in [2.24, 2.45) is 5.92 Å². The van der Waals surface area contributed by atoms with Crippen molar-refractivity contribution in [3.8, 4) is 0 Å². The SMILES string of the molecule is COC(=O)c1ccc(NC(=O)C2CCCC2)nn1. The van der Waals surface area contributed by atoms with Gasteiger partial charge in [-0.2, -0.15) is 0 Å². The lowest BCUT2D eigenvalue weighted by atomic mass is 10.1. The van der Waals surface area contributed by atoms with E-state index in [4.69, 9.17) is 0 Å². The van der Waals surface area contributed by atoms with Gasteiger partial charge in [0.15, 0.2) is 11.5 Å². The first-order valence-electron chi connectivity index (χ1n) is 5.93. The molecular weight excluding hydrogens is 234 g/mol. The first-order valence-corrected chi connectivity index (χ1v) is 5.93. The molecule has 2 rings (SSSR count). The van der Waals surface area contributed by atoms with E-state index < -0.39 is 5.97 Å². The molecule has 1 heterocycles. The van der Waals surface area contributed by atoms with Crippen LogP contribution in [0.4, 0.5) is 5.82 Å². The summed E-state index contributed by atoms with van der Waals surface area (Å²) in [4.78, 5) is 23.0. The molecule has 96 valence electrons. The smallest absolute Gasteiger partial charge is 0.358 e. The van der Waals surface area contributed by atoms with Crippen molar-refractivity contribution in [1.29, 1.82) is 0 Å². The average Bonchev–Trinajstić information content (AvgIpc) is 2.92. The summed E-state index contributed by atoms with van der Waals surface area (Å²) >= 11 is 0. The molecule has 6 nitrogen and oxygen atoms in total. The number of ether oxygens (including phenoxy) is 1. The summed E-state index contributed by atoms with van der Waals surface area (Å²) < 4.78 is 4.51. The van der Waals surface area contributed by atoms with Crippen LogP contribution in [0, 0.1) is 5.92 Å². The second-order valence-electron chi connectivity index (χ2n) is 4.27. The lowest BCUT2D eigenvalue weighted by molar-refractivity contribution is -0.119. The van der Waals surface area contributed by atoms with Crippen LogP contribution in [0.1, 0.15) is 36.2 Å². The highest BCUT2D eigenvalue weighted by molar-refractivity contribution is 5.92. The molecule has 1 N–H and O–H groups in total. The van der Waals surface area contributed by atoms with Crippen LogP contribution in [0.3, 0.4) is 0 Å². The number of rotatable bonds is 3.